The first-order valence-electron chi connectivity index (χ1n) is 10.9. The number of amides is 1. The van der Waals surface area contributed by atoms with Crippen molar-refractivity contribution in [2.24, 2.45) is 0 Å². The molecule has 1 aliphatic rings. The Bertz CT molecular complexity index is 865. The van der Waals surface area contributed by atoms with Crippen LogP contribution in [-0.2, 0) is 10.3 Å². The normalized spacial score (nSPS) is 17.6. The second-order valence-corrected chi connectivity index (χ2v) is 9.19. The van der Waals surface area contributed by atoms with Gasteiger partial charge in [0.25, 0.3) is 0 Å². The summed E-state index contributed by atoms with van der Waals surface area (Å²) >= 11 is 0. The Morgan fingerprint density at radius 1 is 0.968 bits per heavy atom. The zero-order valence-electron chi connectivity index (χ0n) is 18.8. The molecule has 2 aromatic rings. The quantitative estimate of drug-likeness (QED) is 0.757. The number of phenolic OH excluding ortho intramolecular Hbond substituents is 1. The lowest BCUT2D eigenvalue weighted by molar-refractivity contribution is 0.0252. The van der Waals surface area contributed by atoms with E-state index in [0.29, 0.717) is 31.6 Å². The third-order valence-electron chi connectivity index (χ3n) is 5.61. The maximum atomic E-state index is 12.4. The number of aromatic hydroxyl groups is 1. The van der Waals surface area contributed by atoms with Crippen LogP contribution in [0.5, 0.6) is 5.75 Å². The van der Waals surface area contributed by atoms with Gasteiger partial charge in [-0.05, 0) is 63.4 Å². The minimum Gasteiger partial charge on any atom is -0.508 e. The fourth-order valence-electron chi connectivity index (χ4n) is 3.96. The molecule has 2 aromatic carbocycles. The largest absolute Gasteiger partial charge is 0.508 e. The van der Waals surface area contributed by atoms with Crippen molar-refractivity contribution in [3.05, 3.63) is 65.7 Å². The Labute approximate surface area is 185 Å². The predicted molar refractivity (Wildman–Crippen MR) is 121 cm³/mol. The molecule has 0 spiro atoms. The molecule has 1 unspecified atom stereocenters. The molecule has 1 heterocycles. The molecular formula is C25H34N2O4. The van der Waals surface area contributed by atoms with Gasteiger partial charge in [0.05, 0.1) is 0 Å². The molecule has 0 aromatic heterocycles. The number of ether oxygens (including phenoxy) is 1. The van der Waals surface area contributed by atoms with Gasteiger partial charge in [0.15, 0.2) is 0 Å². The number of benzene rings is 2. The van der Waals surface area contributed by atoms with Crippen molar-refractivity contribution in [3.8, 4) is 5.75 Å². The number of hydrogen-bond donors (Lipinski definition) is 2. The van der Waals surface area contributed by atoms with Crippen molar-refractivity contribution in [1.29, 1.82) is 0 Å². The first-order chi connectivity index (χ1) is 14.7. The van der Waals surface area contributed by atoms with Crippen LogP contribution in [-0.4, -0.2) is 64.4 Å². The minimum atomic E-state index is -1.21. The van der Waals surface area contributed by atoms with Crippen LogP contribution in [0.4, 0.5) is 4.79 Å². The molecule has 1 aliphatic heterocycles. The second kappa shape index (κ2) is 9.71. The van der Waals surface area contributed by atoms with Crippen molar-refractivity contribution >= 4 is 6.09 Å². The van der Waals surface area contributed by atoms with Crippen molar-refractivity contribution in [3.63, 3.8) is 0 Å². The summed E-state index contributed by atoms with van der Waals surface area (Å²) in [6.07, 6.45) is 1.07. The number of phenols is 1. The van der Waals surface area contributed by atoms with Gasteiger partial charge in [-0.2, -0.15) is 0 Å². The van der Waals surface area contributed by atoms with E-state index in [2.05, 4.69) is 4.90 Å². The van der Waals surface area contributed by atoms with Gasteiger partial charge in [-0.25, -0.2) is 4.79 Å². The maximum Gasteiger partial charge on any atom is 0.410 e. The van der Waals surface area contributed by atoms with E-state index < -0.39 is 11.2 Å². The fourth-order valence-corrected chi connectivity index (χ4v) is 3.96. The molecule has 3 rings (SSSR count). The second-order valence-electron chi connectivity index (χ2n) is 9.19. The standard InChI is InChI=1S/C25H34N2O4/c1-24(2,3)31-23(29)27-15-8-14-26(17-18-27)16-13-25(30,20-9-5-4-6-10-20)21-11-7-12-22(28)19-21/h4-7,9-12,19,28,30H,8,13-18H2,1-3H3. The lowest BCUT2D eigenvalue weighted by Crippen LogP contribution is -2.40. The zero-order valence-corrected chi connectivity index (χ0v) is 18.8. The van der Waals surface area contributed by atoms with Crippen LogP contribution in [0.25, 0.3) is 0 Å². The van der Waals surface area contributed by atoms with Crippen LogP contribution < -0.4 is 0 Å². The molecule has 0 saturated carbocycles. The van der Waals surface area contributed by atoms with Gasteiger partial charge < -0.3 is 24.7 Å². The Morgan fingerprint density at radius 2 is 1.68 bits per heavy atom. The molecule has 0 aliphatic carbocycles. The number of hydrogen-bond acceptors (Lipinski definition) is 5. The highest BCUT2D eigenvalue weighted by atomic mass is 16.6. The first kappa shape index (κ1) is 23.1. The lowest BCUT2D eigenvalue weighted by atomic mass is 9.83. The molecule has 2 N–H and O–H groups in total. The Balaban J connectivity index is 1.69. The SMILES string of the molecule is CC(C)(C)OC(=O)N1CCCN(CCC(O)(c2ccccc2)c2cccc(O)c2)CC1. The summed E-state index contributed by atoms with van der Waals surface area (Å²) < 4.78 is 5.51. The van der Waals surface area contributed by atoms with Crippen molar-refractivity contribution < 1.29 is 19.7 Å². The summed E-state index contributed by atoms with van der Waals surface area (Å²) in [5, 5.41) is 21.7. The molecule has 1 fully saturated rings. The van der Waals surface area contributed by atoms with E-state index in [1.165, 1.54) is 0 Å². The molecule has 1 atom stereocenters. The zero-order chi connectivity index (χ0) is 22.5. The highest BCUT2D eigenvalue weighted by molar-refractivity contribution is 5.68. The van der Waals surface area contributed by atoms with Gasteiger partial charge in [0.1, 0.15) is 17.0 Å². The predicted octanol–water partition coefficient (Wildman–Crippen LogP) is 3.96. The van der Waals surface area contributed by atoms with Crippen molar-refractivity contribution in [2.45, 2.75) is 44.8 Å². The van der Waals surface area contributed by atoms with E-state index in [0.717, 1.165) is 25.1 Å². The highest BCUT2D eigenvalue weighted by Crippen LogP contribution is 2.34. The van der Waals surface area contributed by atoms with Crippen LogP contribution in [0.3, 0.4) is 0 Å². The van der Waals surface area contributed by atoms with Gasteiger partial charge in [-0.3, -0.25) is 0 Å². The van der Waals surface area contributed by atoms with Crippen LogP contribution in [0.15, 0.2) is 54.6 Å². The van der Waals surface area contributed by atoms with Crippen molar-refractivity contribution in [2.75, 3.05) is 32.7 Å². The summed E-state index contributed by atoms with van der Waals surface area (Å²) in [4.78, 5) is 16.5. The number of carbonyl (C=O) groups excluding carboxylic acids is 1. The van der Waals surface area contributed by atoms with Crippen molar-refractivity contribution in [1.82, 2.24) is 9.80 Å². The lowest BCUT2D eigenvalue weighted by Gasteiger charge is -2.32. The molecule has 168 valence electrons. The Morgan fingerprint density at radius 3 is 2.35 bits per heavy atom. The van der Waals surface area contributed by atoms with E-state index in [4.69, 9.17) is 4.74 Å². The third-order valence-corrected chi connectivity index (χ3v) is 5.61. The smallest absolute Gasteiger partial charge is 0.410 e. The average Bonchev–Trinajstić information content (AvgIpc) is 2.97. The minimum absolute atomic E-state index is 0.134. The molecule has 1 saturated heterocycles. The van der Waals surface area contributed by atoms with Crippen LogP contribution >= 0.6 is 0 Å². The molecule has 6 heteroatoms. The monoisotopic (exact) mass is 426 g/mol. The van der Waals surface area contributed by atoms with Crippen LogP contribution in [0, 0.1) is 0 Å². The molecule has 31 heavy (non-hydrogen) atoms. The molecule has 0 radical (unpaired) electrons. The Kier molecular flexibility index (Phi) is 7.23. The summed E-state index contributed by atoms with van der Waals surface area (Å²) in [5.74, 6) is 0.134. The van der Waals surface area contributed by atoms with E-state index in [1.807, 2.05) is 57.2 Å². The maximum absolute atomic E-state index is 12.4. The van der Waals surface area contributed by atoms with Gasteiger partial charge in [0.2, 0.25) is 0 Å². The topological polar surface area (TPSA) is 73.2 Å². The van der Waals surface area contributed by atoms with E-state index in [9.17, 15) is 15.0 Å². The molecule has 0 bridgehead atoms. The highest BCUT2D eigenvalue weighted by Gasteiger charge is 2.33. The van der Waals surface area contributed by atoms with Gasteiger partial charge in [-0.1, -0.05) is 42.5 Å². The van der Waals surface area contributed by atoms with Gasteiger partial charge in [-0.15, -0.1) is 0 Å². The van der Waals surface area contributed by atoms with Gasteiger partial charge in [0, 0.05) is 26.2 Å². The number of carbonyl (C=O) groups is 1. The van der Waals surface area contributed by atoms with E-state index in [-0.39, 0.29) is 11.8 Å². The number of rotatable bonds is 5. The summed E-state index contributed by atoms with van der Waals surface area (Å²) in [6.45, 7) is 9.14. The first-order valence-corrected chi connectivity index (χ1v) is 10.9. The Hall–Kier alpha value is -2.57. The van der Waals surface area contributed by atoms with Crippen LogP contribution in [0.1, 0.15) is 44.7 Å². The molecular weight excluding hydrogens is 392 g/mol. The molecule has 6 nitrogen and oxygen atoms in total. The number of aliphatic hydroxyl groups is 1. The summed E-state index contributed by atoms with van der Waals surface area (Å²) in [5.41, 5.74) is -0.247. The summed E-state index contributed by atoms with van der Waals surface area (Å²) in [6, 6.07) is 16.4. The molecule has 1 amide bonds. The van der Waals surface area contributed by atoms with E-state index >= 15 is 0 Å². The third kappa shape index (κ3) is 6.21. The fraction of sp³-hybridized carbons (Fsp3) is 0.480. The number of nitrogens with zero attached hydrogens (tertiary/aromatic N) is 2. The van der Waals surface area contributed by atoms with Crippen LogP contribution in [0.2, 0.25) is 0 Å². The van der Waals surface area contributed by atoms with E-state index in [1.54, 1.807) is 23.1 Å². The average molecular weight is 427 g/mol. The van der Waals surface area contributed by atoms with Gasteiger partial charge >= 0.3 is 6.09 Å². The summed E-state index contributed by atoms with van der Waals surface area (Å²) in [7, 11) is 0.